The molecule has 0 aromatic heterocycles. The molecular formula is C28H22O. The first-order valence-electron chi connectivity index (χ1n) is 10.1. The predicted octanol–water partition coefficient (Wildman–Crippen LogP) is 7.15. The van der Waals surface area contributed by atoms with Crippen LogP contribution in [-0.4, -0.2) is 5.11 Å². The minimum atomic E-state index is 0.297. The highest BCUT2D eigenvalue weighted by Crippen LogP contribution is 2.36. The molecule has 29 heavy (non-hydrogen) atoms. The Labute approximate surface area is 170 Å². The van der Waals surface area contributed by atoms with Gasteiger partial charge in [0.15, 0.2) is 0 Å². The van der Waals surface area contributed by atoms with E-state index in [1.165, 1.54) is 38.2 Å². The molecule has 0 unspecified atom stereocenters. The van der Waals surface area contributed by atoms with Gasteiger partial charge in [0, 0.05) is 0 Å². The molecular weight excluding hydrogens is 352 g/mol. The first-order valence-corrected chi connectivity index (χ1v) is 10.1. The van der Waals surface area contributed by atoms with E-state index in [0.717, 1.165) is 18.4 Å². The molecule has 1 N–H and O–H groups in total. The Morgan fingerprint density at radius 3 is 2.00 bits per heavy atom. The van der Waals surface area contributed by atoms with Gasteiger partial charge in [-0.1, -0.05) is 78.9 Å². The second-order valence-corrected chi connectivity index (χ2v) is 7.55. The molecule has 0 heterocycles. The van der Waals surface area contributed by atoms with Gasteiger partial charge in [0.05, 0.1) is 0 Å². The molecule has 0 saturated carbocycles. The fourth-order valence-corrected chi connectivity index (χ4v) is 4.16. The summed E-state index contributed by atoms with van der Waals surface area (Å²) in [7, 11) is 0. The van der Waals surface area contributed by atoms with E-state index in [0.29, 0.717) is 5.75 Å². The van der Waals surface area contributed by atoms with Crippen molar-refractivity contribution in [2.24, 2.45) is 0 Å². The van der Waals surface area contributed by atoms with E-state index in [1.54, 1.807) is 12.1 Å². The molecule has 1 heteroatoms. The van der Waals surface area contributed by atoms with Crippen molar-refractivity contribution in [1.82, 2.24) is 0 Å². The quantitative estimate of drug-likeness (QED) is 0.331. The van der Waals surface area contributed by atoms with Crippen molar-refractivity contribution in [2.45, 2.75) is 12.8 Å². The Morgan fingerprint density at radius 2 is 1.24 bits per heavy atom. The lowest BCUT2D eigenvalue weighted by Crippen LogP contribution is -1.96. The second kappa shape index (κ2) is 7.44. The second-order valence-electron chi connectivity index (χ2n) is 7.55. The predicted molar refractivity (Wildman–Crippen MR) is 122 cm³/mol. The van der Waals surface area contributed by atoms with Crippen LogP contribution in [0.1, 0.15) is 11.1 Å². The van der Waals surface area contributed by atoms with Gasteiger partial charge in [0.2, 0.25) is 0 Å². The van der Waals surface area contributed by atoms with Crippen LogP contribution in [0.3, 0.4) is 0 Å². The van der Waals surface area contributed by atoms with Gasteiger partial charge in [0.1, 0.15) is 5.75 Å². The first-order chi connectivity index (χ1) is 14.3. The highest BCUT2D eigenvalue weighted by molar-refractivity contribution is 6.06. The van der Waals surface area contributed by atoms with E-state index < -0.39 is 0 Å². The monoisotopic (exact) mass is 374 g/mol. The first kappa shape index (κ1) is 17.5. The number of benzene rings is 5. The number of phenols is 1. The third-order valence-corrected chi connectivity index (χ3v) is 5.65. The molecule has 0 aliphatic rings. The van der Waals surface area contributed by atoms with Crippen molar-refractivity contribution in [1.29, 1.82) is 0 Å². The molecule has 5 aromatic rings. The van der Waals surface area contributed by atoms with Gasteiger partial charge >= 0.3 is 0 Å². The molecule has 0 aliphatic carbocycles. The third kappa shape index (κ3) is 3.48. The van der Waals surface area contributed by atoms with Gasteiger partial charge in [-0.05, 0) is 80.9 Å². The van der Waals surface area contributed by atoms with Crippen molar-refractivity contribution in [3.8, 4) is 16.9 Å². The minimum absolute atomic E-state index is 0.297. The summed E-state index contributed by atoms with van der Waals surface area (Å²) in [4.78, 5) is 0. The van der Waals surface area contributed by atoms with Crippen molar-refractivity contribution in [3.63, 3.8) is 0 Å². The lowest BCUT2D eigenvalue weighted by atomic mass is 9.89. The summed E-state index contributed by atoms with van der Waals surface area (Å²) in [6, 6.07) is 35.8. The third-order valence-electron chi connectivity index (χ3n) is 5.65. The molecule has 0 spiro atoms. The Morgan fingerprint density at radius 1 is 0.552 bits per heavy atom. The molecule has 0 radical (unpaired) electrons. The Balaban J connectivity index is 1.69. The lowest BCUT2D eigenvalue weighted by molar-refractivity contribution is 0.475. The fourth-order valence-electron chi connectivity index (χ4n) is 4.16. The molecule has 0 atom stereocenters. The van der Waals surface area contributed by atoms with Gasteiger partial charge in [-0.25, -0.2) is 0 Å². The number of fused-ring (bicyclic) bond motifs is 2. The number of rotatable bonds is 4. The Bertz CT molecular complexity index is 1290. The summed E-state index contributed by atoms with van der Waals surface area (Å²) in [6.07, 6.45) is 1.98. The molecule has 140 valence electrons. The summed E-state index contributed by atoms with van der Waals surface area (Å²) < 4.78 is 0. The van der Waals surface area contributed by atoms with E-state index in [4.69, 9.17) is 0 Å². The van der Waals surface area contributed by atoms with Gasteiger partial charge in [-0.3, -0.25) is 0 Å². The largest absolute Gasteiger partial charge is 0.508 e. The van der Waals surface area contributed by atoms with Crippen molar-refractivity contribution >= 4 is 21.5 Å². The number of phenolic OH excluding ortho intramolecular Hbond substituents is 1. The van der Waals surface area contributed by atoms with Gasteiger partial charge in [-0.15, -0.1) is 0 Å². The molecule has 1 nitrogen and oxygen atoms in total. The lowest BCUT2D eigenvalue weighted by Gasteiger charge is -2.15. The van der Waals surface area contributed by atoms with E-state index in [9.17, 15) is 5.11 Å². The van der Waals surface area contributed by atoms with Crippen LogP contribution in [0.15, 0.2) is 103 Å². The summed E-state index contributed by atoms with van der Waals surface area (Å²) in [5, 5.41) is 14.8. The average molecular weight is 374 g/mol. The van der Waals surface area contributed by atoms with Gasteiger partial charge in [-0.2, -0.15) is 0 Å². The van der Waals surface area contributed by atoms with Crippen LogP contribution in [0.4, 0.5) is 0 Å². The number of aryl methyl sites for hydroxylation is 2. The van der Waals surface area contributed by atoms with Crippen molar-refractivity contribution in [3.05, 3.63) is 114 Å². The zero-order valence-corrected chi connectivity index (χ0v) is 16.2. The molecule has 0 fully saturated rings. The zero-order valence-electron chi connectivity index (χ0n) is 16.2. The van der Waals surface area contributed by atoms with Crippen molar-refractivity contribution < 1.29 is 5.11 Å². The van der Waals surface area contributed by atoms with E-state index in [-0.39, 0.29) is 0 Å². The van der Waals surface area contributed by atoms with Crippen LogP contribution in [0.5, 0.6) is 5.75 Å². The average Bonchev–Trinajstić information content (AvgIpc) is 2.77. The smallest absolute Gasteiger partial charge is 0.115 e. The summed E-state index contributed by atoms with van der Waals surface area (Å²) in [5.74, 6) is 0.297. The normalized spacial score (nSPS) is 11.2. The van der Waals surface area contributed by atoms with Crippen LogP contribution in [-0.2, 0) is 12.8 Å². The van der Waals surface area contributed by atoms with E-state index in [2.05, 4.69) is 78.9 Å². The number of hydrogen-bond acceptors (Lipinski definition) is 1. The number of hydrogen-bond donors (Lipinski definition) is 1. The highest BCUT2D eigenvalue weighted by atomic mass is 16.3. The van der Waals surface area contributed by atoms with Gasteiger partial charge in [0.25, 0.3) is 0 Å². The molecule has 5 rings (SSSR count). The van der Waals surface area contributed by atoms with E-state index >= 15 is 0 Å². The number of aromatic hydroxyl groups is 1. The van der Waals surface area contributed by atoms with Crippen LogP contribution in [0, 0.1) is 0 Å². The molecule has 0 aliphatic heterocycles. The molecule has 0 amide bonds. The minimum Gasteiger partial charge on any atom is -0.508 e. The summed E-state index contributed by atoms with van der Waals surface area (Å²) in [5.41, 5.74) is 5.10. The fraction of sp³-hybridized carbons (Fsp3) is 0.0714. The Kier molecular flexibility index (Phi) is 4.50. The van der Waals surface area contributed by atoms with Crippen molar-refractivity contribution in [2.75, 3.05) is 0 Å². The van der Waals surface area contributed by atoms with Crippen LogP contribution < -0.4 is 0 Å². The highest BCUT2D eigenvalue weighted by Gasteiger charge is 2.12. The van der Waals surface area contributed by atoms with Crippen LogP contribution in [0.25, 0.3) is 32.7 Å². The molecule has 0 bridgehead atoms. The summed E-state index contributed by atoms with van der Waals surface area (Å²) >= 11 is 0. The maximum atomic E-state index is 9.78. The zero-order chi connectivity index (χ0) is 19.6. The van der Waals surface area contributed by atoms with Crippen LogP contribution >= 0.6 is 0 Å². The Hall–Kier alpha value is -3.58. The van der Waals surface area contributed by atoms with Crippen LogP contribution in [0.2, 0.25) is 0 Å². The topological polar surface area (TPSA) is 20.2 Å². The molecule has 0 saturated heterocycles. The summed E-state index contributed by atoms with van der Waals surface area (Å²) in [6.45, 7) is 0. The van der Waals surface area contributed by atoms with Gasteiger partial charge < -0.3 is 5.11 Å². The standard InChI is InChI=1S/C28H22O/c29-26-16-14-22(15-17-26)28-21(11-10-20-6-2-1-3-7-20)12-13-25-18-23-8-4-5-9-24(23)19-27(25)28/h1-9,12-19,29H,10-11H2. The van der Waals surface area contributed by atoms with E-state index in [1.807, 2.05) is 12.1 Å². The maximum absolute atomic E-state index is 9.78. The SMILES string of the molecule is Oc1ccc(-c2c(CCc3ccccc3)ccc3cc4ccccc4cc23)cc1. The maximum Gasteiger partial charge on any atom is 0.115 e. The molecule has 5 aromatic carbocycles.